The molecule has 2 rings (SSSR count). The van der Waals surface area contributed by atoms with Gasteiger partial charge in [-0.1, -0.05) is 15.9 Å². The van der Waals surface area contributed by atoms with Crippen LogP contribution in [0.1, 0.15) is 15.9 Å². The van der Waals surface area contributed by atoms with E-state index in [2.05, 4.69) is 15.9 Å². The topological polar surface area (TPSA) is 87.7 Å². The number of benzene rings is 1. The van der Waals surface area contributed by atoms with Gasteiger partial charge in [-0.3, -0.25) is 0 Å². The van der Waals surface area contributed by atoms with Crippen LogP contribution in [-0.4, -0.2) is 16.2 Å². The van der Waals surface area contributed by atoms with Gasteiger partial charge in [-0.05, 0) is 23.8 Å². The van der Waals surface area contributed by atoms with Gasteiger partial charge in [0.1, 0.15) is 11.1 Å². The van der Waals surface area contributed by atoms with Gasteiger partial charge in [0.25, 0.3) is 0 Å². The second-order valence-electron chi connectivity index (χ2n) is 3.39. The fourth-order valence-electron chi connectivity index (χ4n) is 1.45. The van der Waals surface area contributed by atoms with Gasteiger partial charge in [-0.15, -0.1) is 0 Å². The average molecular weight is 299 g/mol. The molecule has 0 aliphatic rings. The van der Waals surface area contributed by atoms with E-state index >= 15 is 0 Å². The van der Waals surface area contributed by atoms with E-state index in [4.69, 9.17) is 14.6 Å². The van der Waals surface area contributed by atoms with Crippen LogP contribution >= 0.6 is 15.9 Å². The molecule has 88 valence electrons. The van der Waals surface area contributed by atoms with Crippen molar-refractivity contribution >= 4 is 32.9 Å². The van der Waals surface area contributed by atoms with Crippen molar-refractivity contribution in [2.45, 2.75) is 6.61 Å². The summed E-state index contributed by atoms with van der Waals surface area (Å²) >= 11 is 3.23. The third-order valence-corrected chi connectivity index (χ3v) is 3.04. The molecule has 1 aromatic carbocycles. The SMILES string of the molecule is O=C(O)c1cc2cc(Br)c(CO)cc2oc1=O. The molecule has 2 N–H and O–H groups in total. The molecule has 0 bridgehead atoms. The van der Waals surface area contributed by atoms with Gasteiger partial charge < -0.3 is 14.6 Å². The van der Waals surface area contributed by atoms with Crippen LogP contribution in [-0.2, 0) is 6.61 Å². The largest absolute Gasteiger partial charge is 0.477 e. The van der Waals surface area contributed by atoms with Crippen molar-refractivity contribution in [2.24, 2.45) is 0 Å². The molecule has 0 unspecified atom stereocenters. The molecule has 17 heavy (non-hydrogen) atoms. The Labute approximate surface area is 103 Å². The first kappa shape index (κ1) is 11.8. The smallest absolute Gasteiger partial charge is 0.351 e. The number of hydrogen-bond donors (Lipinski definition) is 2. The average Bonchev–Trinajstić information content (AvgIpc) is 2.27. The number of carboxylic acid groups (broad SMARTS) is 1. The molecule has 0 saturated carbocycles. The van der Waals surface area contributed by atoms with E-state index < -0.39 is 17.2 Å². The van der Waals surface area contributed by atoms with E-state index in [1.807, 2.05) is 0 Å². The predicted molar refractivity (Wildman–Crippen MR) is 63.1 cm³/mol. The second-order valence-corrected chi connectivity index (χ2v) is 4.25. The minimum atomic E-state index is -1.33. The molecule has 1 aromatic heterocycles. The summed E-state index contributed by atoms with van der Waals surface area (Å²) in [7, 11) is 0. The second kappa shape index (κ2) is 4.31. The van der Waals surface area contributed by atoms with E-state index in [0.29, 0.717) is 15.4 Å². The Morgan fingerprint density at radius 3 is 2.65 bits per heavy atom. The fraction of sp³-hybridized carbons (Fsp3) is 0.0909. The van der Waals surface area contributed by atoms with E-state index in [1.165, 1.54) is 12.1 Å². The summed E-state index contributed by atoms with van der Waals surface area (Å²) in [4.78, 5) is 22.1. The lowest BCUT2D eigenvalue weighted by Crippen LogP contribution is -2.12. The summed E-state index contributed by atoms with van der Waals surface area (Å²) in [6, 6.07) is 4.33. The highest BCUT2D eigenvalue weighted by Crippen LogP contribution is 2.24. The van der Waals surface area contributed by atoms with Crippen LogP contribution in [0.15, 0.2) is 31.9 Å². The molecule has 0 aliphatic carbocycles. The Morgan fingerprint density at radius 1 is 1.35 bits per heavy atom. The highest BCUT2D eigenvalue weighted by Gasteiger charge is 2.13. The lowest BCUT2D eigenvalue weighted by Gasteiger charge is -2.03. The zero-order valence-corrected chi connectivity index (χ0v) is 10.0. The molecule has 0 saturated heterocycles. The van der Waals surface area contributed by atoms with E-state index in [0.717, 1.165) is 0 Å². The number of halogens is 1. The van der Waals surface area contributed by atoms with Gasteiger partial charge in [-0.2, -0.15) is 0 Å². The molecule has 5 nitrogen and oxygen atoms in total. The summed E-state index contributed by atoms with van der Waals surface area (Å²) < 4.78 is 5.51. The number of aromatic carboxylic acids is 1. The molecule has 0 atom stereocenters. The third-order valence-electron chi connectivity index (χ3n) is 2.30. The van der Waals surface area contributed by atoms with Crippen LogP contribution in [0.4, 0.5) is 0 Å². The predicted octanol–water partition coefficient (Wildman–Crippen LogP) is 1.75. The summed E-state index contributed by atoms with van der Waals surface area (Å²) in [5.41, 5.74) is -0.520. The zero-order chi connectivity index (χ0) is 12.6. The quantitative estimate of drug-likeness (QED) is 0.825. The Kier molecular flexibility index (Phi) is 2.99. The fourth-order valence-corrected chi connectivity index (χ4v) is 1.94. The van der Waals surface area contributed by atoms with Crippen molar-refractivity contribution in [2.75, 3.05) is 0 Å². The number of hydrogen-bond acceptors (Lipinski definition) is 4. The van der Waals surface area contributed by atoms with Gasteiger partial charge in [0.2, 0.25) is 0 Å². The Morgan fingerprint density at radius 2 is 2.06 bits per heavy atom. The maximum absolute atomic E-state index is 11.3. The Bertz CT molecular complexity index is 659. The summed E-state index contributed by atoms with van der Waals surface area (Å²) in [6.45, 7) is -0.207. The summed E-state index contributed by atoms with van der Waals surface area (Å²) in [6.07, 6.45) is 0. The molecule has 0 spiro atoms. The number of aliphatic hydroxyl groups excluding tert-OH is 1. The molecule has 0 fully saturated rings. The highest BCUT2D eigenvalue weighted by atomic mass is 79.9. The lowest BCUT2D eigenvalue weighted by molar-refractivity contribution is 0.0692. The van der Waals surface area contributed by atoms with Crippen molar-refractivity contribution in [1.29, 1.82) is 0 Å². The molecule has 1 heterocycles. The first-order chi connectivity index (χ1) is 8.02. The summed E-state index contributed by atoms with van der Waals surface area (Å²) in [5.74, 6) is -1.33. The van der Waals surface area contributed by atoms with Crippen LogP contribution in [0.5, 0.6) is 0 Å². The monoisotopic (exact) mass is 298 g/mol. The molecular formula is C11H7BrO5. The number of fused-ring (bicyclic) bond motifs is 1. The van der Waals surface area contributed by atoms with E-state index in [9.17, 15) is 9.59 Å². The van der Waals surface area contributed by atoms with Crippen LogP contribution in [0, 0.1) is 0 Å². The normalized spacial score (nSPS) is 10.7. The van der Waals surface area contributed by atoms with Crippen molar-refractivity contribution in [3.05, 3.63) is 44.2 Å². The standard InChI is InChI=1S/C11H7BrO5/c12-8-2-5-1-7(10(14)15)11(16)17-9(5)3-6(8)4-13/h1-3,13H,4H2,(H,14,15). The maximum atomic E-state index is 11.3. The summed E-state index contributed by atoms with van der Waals surface area (Å²) in [5, 5.41) is 18.3. The minimum absolute atomic E-state index is 0.207. The molecule has 0 amide bonds. The molecule has 6 heteroatoms. The van der Waals surface area contributed by atoms with Gasteiger partial charge in [0.05, 0.1) is 6.61 Å². The first-order valence-electron chi connectivity index (χ1n) is 4.63. The minimum Gasteiger partial charge on any atom is -0.477 e. The molecule has 0 aliphatic heterocycles. The molecule has 2 aromatic rings. The highest BCUT2D eigenvalue weighted by molar-refractivity contribution is 9.10. The van der Waals surface area contributed by atoms with E-state index in [-0.39, 0.29) is 12.2 Å². The van der Waals surface area contributed by atoms with Gasteiger partial charge in [-0.25, -0.2) is 9.59 Å². The van der Waals surface area contributed by atoms with Gasteiger partial charge in [0.15, 0.2) is 0 Å². The zero-order valence-electron chi connectivity index (χ0n) is 8.44. The Hall–Kier alpha value is -1.66. The molecule has 0 radical (unpaired) electrons. The Balaban J connectivity index is 2.79. The van der Waals surface area contributed by atoms with Crippen LogP contribution < -0.4 is 5.63 Å². The van der Waals surface area contributed by atoms with Crippen molar-refractivity contribution < 1.29 is 19.4 Å². The number of carboxylic acids is 1. The lowest BCUT2D eigenvalue weighted by atomic mass is 10.1. The maximum Gasteiger partial charge on any atom is 0.351 e. The first-order valence-corrected chi connectivity index (χ1v) is 5.42. The number of aliphatic hydroxyl groups is 1. The number of carbonyl (C=O) groups is 1. The van der Waals surface area contributed by atoms with E-state index in [1.54, 1.807) is 6.07 Å². The van der Waals surface area contributed by atoms with Crippen molar-refractivity contribution in [3.8, 4) is 0 Å². The third kappa shape index (κ3) is 2.09. The van der Waals surface area contributed by atoms with Crippen LogP contribution in [0.3, 0.4) is 0 Å². The molecular weight excluding hydrogens is 292 g/mol. The van der Waals surface area contributed by atoms with Crippen LogP contribution in [0.25, 0.3) is 11.0 Å². The van der Waals surface area contributed by atoms with Gasteiger partial charge in [0, 0.05) is 9.86 Å². The van der Waals surface area contributed by atoms with Crippen LogP contribution in [0.2, 0.25) is 0 Å². The van der Waals surface area contributed by atoms with Gasteiger partial charge >= 0.3 is 11.6 Å². The van der Waals surface area contributed by atoms with Crippen molar-refractivity contribution in [3.63, 3.8) is 0 Å². The van der Waals surface area contributed by atoms with Crippen molar-refractivity contribution in [1.82, 2.24) is 0 Å². The number of rotatable bonds is 2.